The van der Waals surface area contributed by atoms with Crippen molar-refractivity contribution in [3.05, 3.63) is 70.7 Å². The van der Waals surface area contributed by atoms with Gasteiger partial charge in [0.25, 0.3) is 11.5 Å². The van der Waals surface area contributed by atoms with E-state index in [1.807, 2.05) is 38.1 Å². The molecular weight excluding hydrogens is 330 g/mol. The van der Waals surface area contributed by atoms with Crippen LogP contribution in [0.3, 0.4) is 0 Å². The number of anilines is 1. The highest BCUT2D eigenvalue weighted by atomic mass is 16.3. The summed E-state index contributed by atoms with van der Waals surface area (Å²) in [4.78, 5) is 27.1. The van der Waals surface area contributed by atoms with E-state index in [-0.39, 0.29) is 11.5 Å². The summed E-state index contributed by atoms with van der Waals surface area (Å²) in [5.74, 6) is 0.359. The molecule has 0 aliphatic carbocycles. The van der Waals surface area contributed by atoms with Gasteiger partial charge in [-0.2, -0.15) is 5.10 Å². The minimum absolute atomic E-state index is 0.187. The van der Waals surface area contributed by atoms with Gasteiger partial charge in [-0.25, -0.2) is 4.68 Å². The van der Waals surface area contributed by atoms with E-state index in [1.165, 1.54) is 17.0 Å². The summed E-state index contributed by atoms with van der Waals surface area (Å²) >= 11 is 0. The van der Waals surface area contributed by atoms with Gasteiger partial charge in [-0.1, -0.05) is 18.2 Å². The summed E-state index contributed by atoms with van der Waals surface area (Å²) in [6.45, 7) is 6.05. The standard InChI is InChI=1S/C20H21N3O3/c1-4-22(17-9-6-5-8-14(17)2)20(25)15(3)23-19(24)12-11-16(21-23)18-10-7-13-26-18/h5-13,15H,4H2,1-3H3. The summed E-state index contributed by atoms with van der Waals surface area (Å²) in [5, 5.41) is 4.33. The molecule has 3 aromatic rings. The lowest BCUT2D eigenvalue weighted by Gasteiger charge is -2.26. The number of nitrogens with zero attached hydrogens (tertiary/aromatic N) is 3. The number of aryl methyl sites for hydroxylation is 1. The van der Waals surface area contributed by atoms with Crippen molar-refractivity contribution in [1.82, 2.24) is 9.78 Å². The first-order valence-corrected chi connectivity index (χ1v) is 8.53. The van der Waals surface area contributed by atoms with Crippen molar-refractivity contribution in [3.8, 4) is 11.5 Å². The molecule has 1 unspecified atom stereocenters. The molecule has 0 spiro atoms. The molecule has 0 saturated carbocycles. The lowest BCUT2D eigenvalue weighted by molar-refractivity contribution is -0.121. The summed E-state index contributed by atoms with van der Waals surface area (Å²) in [6.07, 6.45) is 1.54. The third-order valence-electron chi connectivity index (χ3n) is 4.31. The fraction of sp³-hybridized carbons (Fsp3) is 0.250. The van der Waals surface area contributed by atoms with Gasteiger partial charge < -0.3 is 9.32 Å². The highest BCUT2D eigenvalue weighted by Crippen LogP contribution is 2.22. The van der Waals surface area contributed by atoms with Gasteiger partial charge in [0.15, 0.2) is 5.76 Å². The van der Waals surface area contributed by atoms with Crippen LogP contribution in [0, 0.1) is 6.92 Å². The molecule has 0 saturated heterocycles. The predicted molar refractivity (Wildman–Crippen MR) is 100 cm³/mol. The van der Waals surface area contributed by atoms with Crippen LogP contribution in [0.15, 0.2) is 64.0 Å². The molecule has 0 N–H and O–H groups in total. The number of hydrogen-bond donors (Lipinski definition) is 0. The second-order valence-electron chi connectivity index (χ2n) is 6.02. The molecule has 0 aliphatic rings. The van der Waals surface area contributed by atoms with E-state index in [1.54, 1.807) is 30.0 Å². The first kappa shape index (κ1) is 17.7. The minimum atomic E-state index is -0.739. The molecule has 1 amide bonds. The zero-order chi connectivity index (χ0) is 18.7. The maximum atomic E-state index is 13.1. The number of carbonyl (C=O) groups excluding carboxylic acids is 1. The molecule has 2 heterocycles. The molecule has 134 valence electrons. The van der Waals surface area contributed by atoms with Crippen LogP contribution in [0.25, 0.3) is 11.5 Å². The number of likely N-dealkylation sites (N-methyl/N-ethyl adjacent to an activating group) is 1. The molecule has 6 nitrogen and oxygen atoms in total. The van der Waals surface area contributed by atoms with Crippen LogP contribution < -0.4 is 10.5 Å². The number of furan rings is 1. The number of amides is 1. The smallest absolute Gasteiger partial charge is 0.267 e. The number of para-hydroxylation sites is 1. The number of benzene rings is 1. The largest absolute Gasteiger partial charge is 0.463 e. The van der Waals surface area contributed by atoms with Crippen molar-refractivity contribution < 1.29 is 9.21 Å². The van der Waals surface area contributed by atoms with Crippen molar-refractivity contribution in [3.63, 3.8) is 0 Å². The average molecular weight is 351 g/mol. The van der Waals surface area contributed by atoms with E-state index >= 15 is 0 Å². The van der Waals surface area contributed by atoms with Crippen LogP contribution in [0.1, 0.15) is 25.5 Å². The number of carbonyl (C=O) groups is 1. The normalized spacial score (nSPS) is 12.0. The quantitative estimate of drug-likeness (QED) is 0.706. The Hall–Kier alpha value is -3.15. The predicted octanol–water partition coefficient (Wildman–Crippen LogP) is 3.43. The molecule has 0 aliphatic heterocycles. The van der Waals surface area contributed by atoms with Crippen molar-refractivity contribution >= 4 is 11.6 Å². The van der Waals surface area contributed by atoms with E-state index in [0.29, 0.717) is 18.0 Å². The van der Waals surface area contributed by atoms with Crippen LogP contribution in [-0.4, -0.2) is 22.2 Å². The van der Waals surface area contributed by atoms with Crippen molar-refractivity contribution in [2.45, 2.75) is 26.8 Å². The van der Waals surface area contributed by atoms with Crippen molar-refractivity contribution in [2.75, 3.05) is 11.4 Å². The molecule has 1 aromatic carbocycles. The van der Waals surface area contributed by atoms with Gasteiger partial charge in [-0.3, -0.25) is 9.59 Å². The number of rotatable bonds is 5. The highest BCUT2D eigenvalue weighted by Gasteiger charge is 2.25. The fourth-order valence-corrected chi connectivity index (χ4v) is 2.90. The van der Waals surface area contributed by atoms with Gasteiger partial charge in [0.2, 0.25) is 0 Å². The van der Waals surface area contributed by atoms with Crippen LogP contribution >= 0.6 is 0 Å². The van der Waals surface area contributed by atoms with E-state index in [4.69, 9.17) is 4.42 Å². The first-order valence-electron chi connectivity index (χ1n) is 8.53. The Balaban J connectivity index is 1.96. The maximum Gasteiger partial charge on any atom is 0.267 e. The van der Waals surface area contributed by atoms with E-state index in [2.05, 4.69) is 5.10 Å². The monoisotopic (exact) mass is 351 g/mol. The molecule has 0 fully saturated rings. The minimum Gasteiger partial charge on any atom is -0.463 e. The van der Waals surface area contributed by atoms with Crippen LogP contribution in [0.4, 0.5) is 5.69 Å². The summed E-state index contributed by atoms with van der Waals surface area (Å²) in [5.41, 5.74) is 2.01. The van der Waals surface area contributed by atoms with E-state index in [0.717, 1.165) is 11.3 Å². The third kappa shape index (κ3) is 3.31. The Morgan fingerprint density at radius 3 is 2.62 bits per heavy atom. The molecule has 0 bridgehead atoms. The zero-order valence-electron chi connectivity index (χ0n) is 15.0. The van der Waals surface area contributed by atoms with Crippen LogP contribution in [-0.2, 0) is 4.79 Å². The average Bonchev–Trinajstić information content (AvgIpc) is 3.18. The van der Waals surface area contributed by atoms with E-state index in [9.17, 15) is 9.59 Å². The Bertz CT molecular complexity index is 960. The topological polar surface area (TPSA) is 68.3 Å². The Labute approximate surface area is 151 Å². The van der Waals surface area contributed by atoms with Gasteiger partial charge in [0, 0.05) is 18.3 Å². The van der Waals surface area contributed by atoms with Gasteiger partial charge in [0.05, 0.1) is 6.26 Å². The van der Waals surface area contributed by atoms with Gasteiger partial charge in [-0.15, -0.1) is 0 Å². The molecular formula is C20H21N3O3. The lowest BCUT2D eigenvalue weighted by Crippen LogP contribution is -2.40. The Morgan fingerprint density at radius 1 is 1.19 bits per heavy atom. The summed E-state index contributed by atoms with van der Waals surface area (Å²) < 4.78 is 6.54. The van der Waals surface area contributed by atoms with Crippen molar-refractivity contribution in [1.29, 1.82) is 0 Å². The highest BCUT2D eigenvalue weighted by molar-refractivity contribution is 5.96. The fourth-order valence-electron chi connectivity index (χ4n) is 2.90. The molecule has 1 atom stereocenters. The van der Waals surface area contributed by atoms with Gasteiger partial charge in [0.1, 0.15) is 11.7 Å². The summed E-state index contributed by atoms with van der Waals surface area (Å²) in [6, 6.07) is 13.4. The van der Waals surface area contributed by atoms with Crippen molar-refractivity contribution in [2.24, 2.45) is 0 Å². The van der Waals surface area contributed by atoms with Gasteiger partial charge >= 0.3 is 0 Å². The first-order chi connectivity index (χ1) is 12.5. The lowest BCUT2D eigenvalue weighted by atomic mass is 10.1. The third-order valence-corrected chi connectivity index (χ3v) is 4.31. The second kappa shape index (κ2) is 7.39. The summed E-state index contributed by atoms with van der Waals surface area (Å²) in [7, 11) is 0. The molecule has 3 rings (SSSR count). The molecule has 6 heteroatoms. The van der Waals surface area contributed by atoms with Crippen LogP contribution in [0.5, 0.6) is 0 Å². The SMILES string of the molecule is CCN(C(=O)C(C)n1nc(-c2ccco2)ccc1=O)c1ccccc1C. The molecule has 0 radical (unpaired) electrons. The zero-order valence-corrected chi connectivity index (χ0v) is 15.0. The second-order valence-corrected chi connectivity index (χ2v) is 6.02. The van der Waals surface area contributed by atoms with Crippen LogP contribution in [0.2, 0.25) is 0 Å². The van der Waals surface area contributed by atoms with Gasteiger partial charge in [-0.05, 0) is 50.6 Å². The maximum absolute atomic E-state index is 13.1. The molecule has 26 heavy (non-hydrogen) atoms. The Morgan fingerprint density at radius 2 is 1.96 bits per heavy atom. The number of aromatic nitrogens is 2. The molecule has 2 aromatic heterocycles. The number of hydrogen-bond acceptors (Lipinski definition) is 4. The Kier molecular flexibility index (Phi) is 5.02. The van der Waals surface area contributed by atoms with E-state index < -0.39 is 6.04 Å².